The molecule has 4 atom stereocenters. The molecule has 4 nitrogen and oxygen atoms in total. The maximum Gasteiger partial charge on any atom is 0.420 e. The molecule has 0 radical (unpaired) electrons. The Bertz CT molecular complexity index is 679. The Kier molecular flexibility index (Phi) is 5.81. The fraction of sp³-hybridized carbons (Fsp3) is 0.500. The largest absolute Gasteiger partial charge is 0.420 e. The summed E-state index contributed by atoms with van der Waals surface area (Å²) in [5, 5.41) is 2.74. The van der Waals surface area contributed by atoms with Gasteiger partial charge in [0.15, 0.2) is 6.10 Å². The summed E-state index contributed by atoms with van der Waals surface area (Å²) in [7, 11) is 2.18. The van der Waals surface area contributed by atoms with Crippen molar-refractivity contribution in [2.24, 2.45) is 0 Å². The standard InChI is InChI=1S/C16H18F5N2O2P/c17-9-1-2-11(18)10(7-9)14-12(22-26)8-13(15(25-14)16(19,20)21)23-3-5-24-6-4-23/h1-2,7-8,12,14-15,22H,3-6,26H2/t12-,14+,15+/m0/s1. The molecule has 1 aromatic carbocycles. The van der Waals surface area contributed by atoms with Crippen LogP contribution in [0.5, 0.6) is 0 Å². The molecule has 0 aromatic heterocycles. The summed E-state index contributed by atoms with van der Waals surface area (Å²) in [6.45, 7) is 1.21. The number of benzene rings is 1. The maximum absolute atomic E-state index is 14.1. The van der Waals surface area contributed by atoms with Crippen molar-refractivity contribution in [2.75, 3.05) is 26.3 Å². The quantitative estimate of drug-likeness (QED) is 0.630. The van der Waals surface area contributed by atoms with E-state index in [0.717, 1.165) is 18.2 Å². The summed E-state index contributed by atoms with van der Waals surface area (Å²) in [4.78, 5) is 1.55. The van der Waals surface area contributed by atoms with Gasteiger partial charge in [-0.05, 0) is 24.3 Å². The molecule has 0 aliphatic carbocycles. The summed E-state index contributed by atoms with van der Waals surface area (Å²) in [6, 6.07) is 1.85. The number of hydrogen-bond acceptors (Lipinski definition) is 4. The van der Waals surface area contributed by atoms with Crippen LogP contribution < -0.4 is 5.09 Å². The van der Waals surface area contributed by atoms with Gasteiger partial charge in [-0.15, -0.1) is 0 Å². The average molecular weight is 396 g/mol. The van der Waals surface area contributed by atoms with Crippen LogP contribution in [0.15, 0.2) is 30.0 Å². The minimum atomic E-state index is -4.70. The van der Waals surface area contributed by atoms with E-state index < -0.39 is 36.1 Å². The molecule has 0 bridgehead atoms. The van der Waals surface area contributed by atoms with Crippen LogP contribution in [0.2, 0.25) is 0 Å². The molecule has 10 heteroatoms. The minimum absolute atomic E-state index is 0.0474. The van der Waals surface area contributed by atoms with Gasteiger partial charge in [0.05, 0.1) is 19.3 Å². The zero-order chi connectivity index (χ0) is 18.9. The average Bonchev–Trinajstić information content (AvgIpc) is 2.62. The van der Waals surface area contributed by atoms with Crippen molar-refractivity contribution in [3.63, 3.8) is 0 Å². The lowest BCUT2D eigenvalue weighted by molar-refractivity contribution is -0.233. The number of morpholine rings is 1. The first kappa shape index (κ1) is 19.5. The van der Waals surface area contributed by atoms with Crippen LogP contribution in [0.4, 0.5) is 22.0 Å². The molecule has 26 heavy (non-hydrogen) atoms. The van der Waals surface area contributed by atoms with Crippen molar-refractivity contribution in [3.05, 3.63) is 47.2 Å². The van der Waals surface area contributed by atoms with Gasteiger partial charge in [0.25, 0.3) is 0 Å². The predicted molar refractivity (Wildman–Crippen MR) is 87.1 cm³/mol. The lowest BCUT2D eigenvalue weighted by atomic mass is 9.96. The van der Waals surface area contributed by atoms with Gasteiger partial charge in [0.2, 0.25) is 0 Å². The van der Waals surface area contributed by atoms with Crippen LogP contribution in [0.1, 0.15) is 11.7 Å². The van der Waals surface area contributed by atoms with Crippen LogP contribution >= 0.6 is 9.39 Å². The minimum Gasteiger partial charge on any atom is -0.378 e. The molecule has 0 amide bonds. The van der Waals surface area contributed by atoms with E-state index in [0.29, 0.717) is 26.3 Å². The molecule has 1 fully saturated rings. The zero-order valence-corrected chi connectivity index (χ0v) is 14.8. The van der Waals surface area contributed by atoms with Crippen molar-refractivity contribution < 1.29 is 31.4 Å². The Morgan fingerprint density at radius 3 is 2.46 bits per heavy atom. The van der Waals surface area contributed by atoms with Gasteiger partial charge in [0, 0.05) is 24.4 Å². The van der Waals surface area contributed by atoms with E-state index in [1.807, 2.05) is 0 Å². The molecule has 2 aliphatic rings. The number of nitrogens with zero attached hydrogens (tertiary/aromatic N) is 1. The number of nitrogens with one attached hydrogen (secondary N) is 1. The lowest BCUT2D eigenvalue weighted by Gasteiger charge is -2.42. The Balaban J connectivity index is 2.01. The number of halogens is 5. The third kappa shape index (κ3) is 4.01. The van der Waals surface area contributed by atoms with Crippen LogP contribution in [-0.2, 0) is 9.47 Å². The highest BCUT2D eigenvalue weighted by Crippen LogP contribution is 2.40. The molecule has 2 heterocycles. The number of rotatable bonds is 3. The topological polar surface area (TPSA) is 33.7 Å². The molecular weight excluding hydrogens is 378 g/mol. The molecule has 1 N–H and O–H groups in total. The van der Waals surface area contributed by atoms with Crippen molar-refractivity contribution in [3.8, 4) is 0 Å². The number of hydrogen-bond donors (Lipinski definition) is 1. The van der Waals surface area contributed by atoms with E-state index in [1.54, 1.807) is 4.90 Å². The number of alkyl halides is 3. The van der Waals surface area contributed by atoms with Crippen LogP contribution in [0.25, 0.3) is 0 Å². The van der Waals surface area contributed by atoms with Crippen LogP contribution in [0, 0.1) is 11.6 Å². The highest BCUT2D eigenvalue weighted by molar-refractivity contribution is 7.13. The number of ether oxygens (including phenoxy) is 2. The lowest BCUT2D eigenvalue weighted by Crippen LogP contribution is -2.50. The fourth-order valence-corrected chi connectivity index (χ4v) is 3.40. The highest BCUT2D eigenvalue weighted by atomic mass is 31.0. The van der Waals surface area contributed by atoms with E-state index in [9.17, 15) is 22.0 Å². The van der Waals surface area contributed by atoms with E-state index in [4.69, 9.17) is 9.47 Å². The van der Waals surface area contributed by atoms with Gasteiger partial charge in [-0.1, -0.05) is 9.39 Å². The molecule has 3 rings (SSSR count). The van der Waals surface area contributed by atoms with E-state index >= 15 is 0 Å². The SMILES string of the molecule is Fc1ccc(F)c([C@H]2O[C@@H](C(F)(F)F)C(N3CCOCC3)=C[C@@H]2NP)c1. The molecule has 2 aliphatic heterocycles. The van der Waals surface area contributed by atoms with Crippen molar-refractivity contribution in [2.45, 2.75) is 24.4 Å². The second kappa shape index (κ2) is 7.76. The predicted octanol–water partition coefficient (Wildman–Crippen LogP) is 2.93. The first-order chi connectivity index (χ1) is 12.3. The summed E-state index contributed by atoms with van der Waals surface area (Å²) < 4.78 is 79.0. The zero-order valence-electron chi connectivity index (χ0n) is 13.6. The fourth-order valence-electron chi connectivity index (χ4n) is 3.13. The first-order valence-corrected chi connectivity index (χ1v) is 8.56. The van der Waals surface area contributed by atoms with Gasteiger partial charge < -0.3 is 14.4 Å². The smallest absolute Gasteiger partial charge is 0.378 e. The molecule has 0 spiro atoms. The van der Waals surface area contributed by atoms with Gasteiger partial charge in [0.1, 0.15) is 17.7 Å². The van der Waals surface area contributed by atoms with Gasteiger partial charge in [-0.3, -0.25) is 5.09 Å². The Morgan fingerprint density at radius 2 is 1.85 bits per heavy atom. The summed E-state index contributed by atoms with van der Waals surface area (Å²) in [6.07, 6.45) is -6.89. The van der Waals surface area contributed by atoms with E-state index in [2.05, 4.69) is 14.5 Å². The molecule has 0 saturated carbocycles. The van der Waals surface area contributed by atoms with Gasteiger partial charge in [-0.2, -0.15) is 13.2 Å². The van der Waals surface area contributed by atoms with E-state index in [1.165, 1.54) is 6.08 Å². The first-order valence-electron chi connectivity index (χ1n) is 7.99. The van der Waals surface area contributed by atoms with Gasteiger partial charge in [-0.25, -0.2) is 8.78 Å². The second-order valence-electron chi connectivity index (χ2n) is 6.03. The van der Waals surface area contributed by atoms with E-state index in [-0.39, 0.29) is 11.3 Å². The van der Waals surface area contributed by atoms with Crippen molar-refractivity contribution >= 4 is 9.39 Å². The Morgan fingerprint density at radius 1 is 1.15 bits per heavy atom. The molecule has 1 aromatic rings. The third-order valence-electron chi connectivity index (χ3n) is 4.36. The third-order valence-corrected chi connectivity index (χ3v) is 4.74. The van der Waals surface area contributed by atoms with Crippen LogP contribution in [-0.4, -0.2) is 49.5 Å². The van der Waals surface area contributed by atoms with Crippen molar-refractivity contribution in [1.82, 2.24) is 9.99 Å². The van der Waals surface area contributed by atoms with Gasteiger partial charge >= 0.3 is 6.18 Å². The Hall–Kier alpha value is -1.28. The molecule has 1 saturated heterocycles. The second-order valence-corrected chi connectivity index (χ2v) is 6.36. The summed E-state index contributed by atoms with van der Waals surface area (Å²) in [5.74, 6) is -1.58. The Labute approximate surface area is 149 Å². The van der Waals surface area contributed by atoms with Crippen LogP contribution in [0.3, 0.4) is 0 Å². The summed E-state index contributed by atoms with van der Waals surface area (Å²) >= 11 is 0. The van der Waals surface area contributed by atoms with Crippen molar-refractivity contribution in [1.29, 1.82) is 0 Å². The maximum atomic E-state index is 14.1. The normalized spacial score (nSPS) is 27.4. The summed E-state index contributed by atoms with van der Waals surface area (Å²) in [5.41, 5.74) is -0.315. The monoisotopic (exact) mass is 396 g/mol. The highest BCUT2D eigenvalue weighted by Gasteiger charge is 2.50. The molecule has 1 unspecified atom stereocenters. The molecule has 144 valence electrons. The molecular formula is C16H18F5N2O2P.